The van der Waals surface area contributed by atoms with Crippen molar-refractivity contribution in [2.45, 2.75) is 46.8 Å². The van der Waals surface area contributed by atoms with Crippen molar-refractivity contribution >= 4 is 0 Å². The van der Waals surface area contributed by atoms with E-state index in [1.807, 2.05) is 0 Å². The summed E-state index contributed by atoms with van der Waals surface area (Å²) in [6.45, 7) is 11.8. The van der Waals surface area contributed by atoms with Crippen LogP contribution in [0.4, 0.5) is 0 Å². The highest BCUT2D eigenvalue weighted by Gasteiger charge is 2.25. The smallest absolute Gasteiger partial charge is 0.0788 e. The summed E-state index contributed by atoms with van der Waals surface area (Å²) in [5.41, 5.74) is 4.00. The zero-order valence-electron chi connectivity index (χ0n) is 12.6. The molecule has 1 aromatic carbocycles. The average molecular weight is 249 g/mol. The molecule has 0 aliphatic heterocycles. The molecule has 102 valence electrons. The molecule has 18 heavy (non-hydrogen) atoms. The molecule has 0 heterocycles. The van der Waals surface area contributed by atoms with Crippen LogP contribution in [0.1, 0.15) is 43.5 Å². The van der Waals surface area contributed by atoms with Crippen LogP contribution >= 0.6 is 0 Å². The Morgan fingerprint density at radius 1 is 1.17 bits per heavy atom. The molecule has 0 aliphatic carbocycles. The molecular formula is C16H27NO. The van der Waals surface area contributed by atoms with Crippen molar-refractivity contribution in [2.24, 2.45) is 5.92 Å². The average Bonchev–Trinajstić information content (AvgIpc) is 2.32. The Balaban J connectivity index is 3.06. The first-order valence-electron chi connectivity index (χ1n) is 6.84. The molecule has 2 unspecified atom stereocenters. The zero-order chi connectivity index (χ0) is 13.7. The lowest BCUT2D eigenvalue weighted by molar-refractivity contribution is 0.0331. The summed E-state index contributed by atoms with van der Waals surface area (Å²) in [5, 5.41) is 3.55. The third-order valence-electron chi connectivity index (χ3n) is 3.57. The van der Waals surface area contributed by atoms with Crippen LogP contribution in [0.3, 0.4) is 0 Å². The predicted octanol–water partition coefficient (Wildman–Crippen LogP) is 3.63. The summed E-state index contributed by atoms with van der Waals surface area (Å²) in [4.78, 5) is 0. The van der Waals surface area contributed by atoms with Crippen LogP contribution in [0.5, 0.6) is 0 Å². The second-order valence-corrected chi connectivity index (χ2v) is 5.32. The Morgan fingerprint density at radius 3 is 2.28 bits per heavy atom. The number of rotatable bonds is 6. The zero-order valence-corrected chi connectivity index (χ0v) is 12.6. The van der Waals surface area contributed by atoms with E-state index in [9.17, 15) is 0 Å². The quantitative estimate of drug-likeness (QED) is 0.831. The lowest BCUT2D eigenvalue weighted by Crippen LogP contribution is -2.36. The van der Waals surface area contributed by atoms with Gasteiger partial charge in [-0.1, -0.05) is 39.0 Å². The maximum Gasteiger partial charge on any atom is 0.0788 e. The minimum Gasteiger partial charge on any atom is -0.379 e. The van der Waals surface area contributed by atoms with Gasteiger partial charge in [-0.2, -0.15) is 0 Å². The Morgan fingerprint density at radius 2 is 1.83 bits per heavy atom. The van der Waals surface area contributed by atoms with Crippen LogP contribution in [0.15, 0.2) is 18.2 Å². The molecular weight excluding hydrogens is 222 g/mol. The van der Waals surface area contributed by atoms with Crippen LogP contribution in [0, 0.1) is 19.8 Å². The van der Waals surface area contributed by atoms with Gasteiger partial charge in [0, 0.05) is 7.11 Å². The fourth-order valence-corrected chi connectivity index (χ4v) is 2.39. The van der Waals surface area contributed by atoms with Gasteiger partial charge in [0.1, 0.15) is 0 Å². The van der Waals surface area contributed by atoms with E-state index in [1.165, 1.54) is 16.7 Å². The van der Waals surface area contributed by atoms with Gasteiger partial charge >= 0.3 is 0 Å². The summed E-state index contributed by atoms with van der Waals surface area (Å²) in [6.07, 6.45) is 0.201. The molecule has 1 N–H and O–H groups in total. The van der Waals surface area contributed by atoms with Crippen molar-refractivity contribution in [3.63, 3.8) is 0 Å². The van der Waals surface area contributed by atoms with Gasteiger partial charge in [-0.3, -0.25) is 0 Å². The second-order valence-electron chi connectivity index (χ2n) is 5.32. The summed E-state index contributed by atoms with van der Waals surface area (Å²) in [5.74, 6) is 0.487. The van der Waals surface area contributed by atoms with Gasteiger partial charge < -0.3 is 10.1 Å². The SMILES string of the molecule is CCNC(c1ccc(C)c(C)c1)C(OC)C(C)C. The van der Waals surface area contributed by atoms with Gasteiger partial charge in [0.15, 0.2) is 0 Å². The van der Waals surface area contributed by atoms with Gasteiger partial charge in [-0.25, -0.2) is 0 Å². The number of ether oxygens (including phenoxy) is 1. The summed E-state index contributed by atoms with van der Waals surface area (Å²) in [7, 11) is 1.80. The first-order valence-corrected chi connectivity index (χ1v) is 6.84. The van der Waals surface area contributed by atoms with Crippen LogP contribution < -0.4 is 5.32 Å². The molecule has 2 heteroatoms. The molecule has 2 nitrogen and oxygen atoms in total. The minimum atomic E-state index is 0.201. The second kappa shape index (κ2) is 6.91. The van der Waals surface area contributed by atoms with E-state index in [-0.39, 0.29) is 12.1 Å². The van der Waals surface area contributed by atoms with Crippen molar-refractivity contribution in [3.8, 4) is 0 Å². The molecule has 2 atom stereocenters. The van der Waals surface area contributed by atoms with Crippen molar-refractivity contribution in [1.29, 1.82) is 0 Å². The third kappa shape index (κ3) is 3.56. The van der Waals surface area contributed by atoms with Crippen molar-refractivity contribution in [2.75, 3.05) is 13.7 Å². The number of methoxy groups -OCH3 is 1. The lowest BCUT2D eigenvalue weighted by Gasteiger charge is -2.30. The van der Waals surface area contributed by atoms with Crippen molar-refractivity contribution < 1.29 is 4.74 Å². The van der Waals surface area contributed by atoms with Crippen molar-refractivity contribution in [3.05, 3.63) is 34.9 Å². The van der Waals surface area contributed by atoms with Crippen molar-refractivity contribution in [1.82, 2.24) is 5.32 Å². The fraction of sp³-hybridized carbons (Fsp3) is 0.625. The summed E-state index contributed by atoms with van der Waals surface area (Å²) < 4.78 is 5.69. The van der Waals surface area contributed by atoms with E-state index in [0.29, 0.717) is 5.92 Å². The van der Waals surface area contributed by atoms with Gasteiger partial charge in [0.2, 0.25) is 0 Å². The normalized spacial score (nSPS) is 14.8. The summed E-state index contributed by atoms with van der Waals surface area (Å²) >= 11 is 0. The number of hydrogen-bond acceptors (Lipinski definition) is 2. The van der Waals surface area contributed by atoms with Gasteiger partial charge in [-0.15, -0.1) is 0 Å². The number of aryl methyl sites for hydroxylation is 2. The molecule has 0 radical (unpaired) electrons. The van der Waals surface area contributed by atoms with E-state index in [4.69, 9.17) is 4.74 Å². The van der Waals surface area contributed by atoms with Crippen LogP contribution in [0.2, 0.25) is 0 Å². The lowest BCUT2D eigenvalue weighted by atomic mass is 9.91. The largest absolute Gasteiger partial charge is 0.379 e. The Labute approximate surface area is 112 Å². The van der Waals surface area contributed by atoms with Crippen LogP contribution in [0.25, 0.3) is 0 Å². The number of nitrogens with one attached hydrogen (secondary N) is 1. The van der Waals surface area contributed by atoms with Gasteiger partial charge in [0.25, 0.3) is 0 Å². The third-order valence-corrected chi connectivity index (χ3v) is 3.57. The first kappa shape index (κ1) is 15.2. The molecule has 0 saturated carbocycles. The molecule has 0 fully saturated rings. The highest BCUT2D eigenvalue weighted by Crippen LogP contribution is 2.25. The van der Waals surface area contributed by atoms with Gasteiger partial charge in [0.05, 0.1) is 12.1 Å². The molecule has 0 aliphatic rings. The maximum atomic E-state index is 5.69. The van der Waals surface area contributed by atoms with E-state index < -0.39 is 0 Å². The molecule has 1 aromatic rings. The number of benzene rings is 1. The van der Waals surface area contributed by atoms with E-state index in [1.54, 1.807) is 7.11 Å². The van der Waals surface area contributed by atoms with Crippen LogP contribution in [-0.4, -0.2) is 19.8 Å². The van der Waals surface area contributed by atoms with E-state index in [0.717, 1.165) is 6.54 Å². The Kier molecular flexibility index (Phi) is 5.83. The summed E-state index contributed by atoms with van der Waals surface area (Å²) in [6, 6.07) is 6.95. The van der Waals surface area contributed by atoms with E-state index >= 15 is 0 Å². The highest BCUT2D eigenvalue weighted by atomic mass is 16.5. The molecule has 0 saturated heterocycles. The molecule has 0 amide bonds. The molecule has 0 aromatic heterocycles. The van der Waals surface area contributed by atoms with Gasteiger partial charge in [-0.05, 0) is 43.0 Å². The Bertz CT molecular complexity index is 373. The van der Waals surface area contributed by atoms with Crippen LogP contribution in [-0.2, 0) is 4.74 Å². The minimum absolute atomic E-state index is 0.201. The highest BCUT2D eigenvalue weighted by molar-refractivity contribution is 5.32. The number of likely N-dealkylation sites (N-methyl/N-ethyl adjacent to an activating group) is 1. The first-order chi connectivity index (χ1) is 8.51. The standard InChI is InChI=1S/C16H27NO/c1-7-17-15(16(18-6)11(2)3)14-9-8-12(4)13(5)10-14/h8-11,15-17H,7H2,1-6H3. The molecule has 0 bridgehead atoms. The number of hydrogen-bond donors (Lipinski definition) is 1. The monoisotopic (exact) mass is 249 g/mol. The maximum absolute atomic E-state index is 5.69. The van der Waals surface area contributed by atoms with E-state index in [2.05, 4.69) is 58.1 Å². The predicted molar refractivity (Wildman–Crippen MR) is 78.0 cm³/mol. The topological polar surface area (TPSA) is 21.3 Å². The molecule has 1 rings (SSSR count). The molecule has 0 spiro atoms. The fourth-order valence-electron chi connectivity index (χ4n) is 2.39. The Hall–Kier alpha value is -0.860.